The van der Waals surface area contributed by atoms with Gasteiger partial charge in [0.15, 0.2) is 0 Å². The van der Waals surface area contributed by atoms with Gasteiger partial charge >= 0.3 is 0 Å². The minimum Gasteiger partial charge on any atom is -0.390 e. The molecule has 0 spiro atoms. The second-order valence-electron chi connectivity index (χ2n) is 4.79. The molecule has 0 saturated carbocycles. The van der Waals surface area contributed by atoms with Gasteiger partial charge in [0.1, 0.15) is 0 Å². The largest absolute Gasteiger partial charge is 0.390 e. The van der Waals surface area contributed by atoms with Gasteiger partial charge in [-0.15, -0.1) is 0 Å². The lowest BCUT2D eigenvalue weighted by Gasteiger charge is -2.20. The second-order valence-corrected chi connectivity index (χ2v) is 5.71. The van der Waals surface area contributed by atoms with Gasteiger partial charge in [0.05, 0.1) is 5.60 Å². The number of aliphatic hydroxyl groups is 1. The predicted molar refractivity (Wildman–Crippen MR) is 71.5 cm³/mol. The summed E-state index contributed by atoms with van der Waals surface area (Å²) in [5.74, 6) is 0. The molecule has 1 aromatic rings. The van der Waals surface area contributed by atoms with E-state index in [1.165, 1.54) is 5.56 Å². The van der Waals surface area contributed by atoms with E-state index in [1.54, 1.807) is 0 Å². The number of halogens is 1. The molecule has 1 rings (SSSR count). The summed E-state index contributed by atoms with van der Waals surface area (Å²) in [6.45, 7) is 6.61. The van der Waals surface area contributed by atoms with Crippen molar-refractivity contribution in [3.05, 3.63) is 34.3 Å². The quantitative estimate of drug-likeness (QED) is 0.870. The molecule has 0 unspecified atom stereocenters. The number of benzene rings is 1. The Kier molecular flexibility index (Phi) is 4.96. The molecule has 2 N–H and O–H groups in total. The van der Waals surface area contributed by atoms with Crippen LogP contribution >= 0.6 is 15.9 Å². The van der Waals surface area contributed by atoms with E-state index >= 15 is 0 Å². The molecule has 0 aromatic heterocycles. The number of hydrogen-bond donors (Lipinski definition) is 2. The maximum absolute atomic E-state index is 9.60. The van der Waals surface area contributed by atoms with Crippen LogP contribution in [0.25, 0.3) is 0 Å². The topological polar surface area (TPSA) is 32.3 Å². The fourth-order valence-corrected chi connectivity index (χ4v) is 1.91. The summed E-state index contributed by atoms with van der Waals surface area (Å²) < 4.78 is 1.10. The van der Waals surface area contributed by atoms with E-state index in [2.05, 4.69) is 40.3 Å². The van der Waals surface area contributed by atoms with Crippen LogP contribution in [0.5, 0.6) is 0 Å². The first-order valence-corrected chi connectivity index (χ1v) is 6.39. The maximum atomic E-state index is 9.60. The van der Waals surface area contributed by atoms with E-state index in [9.17, 15) is 5.11 Å². The van der Waals surface area contributed by atoms with Gasteiger partial charge in [0.2, 0.25) is 0 Å². The monoisotopic (exact) mass is 285 g/mol. The van der Waals surface area contributed by atoms with Gasteiger partial charge in [0.25, 0.3) is 0 Å². The summed E-state index contributed by atoms with van der Waals surface area (Å²) in [6.07, 6.45) is 0.755. The fraction of sp³-hybridized carbons (Fsp3) is 0.538. The van der Waals surface area contributed by atoms with Crippen LogP contribution in [0, 0.1) is 0 Å². The summed E-state index contributed by atoms with van der Waals surface area (Å²) >= 11 is 3.46. The highest BCUT2D eigenvalue weighted by Crippen LogP contribution is 2.18. The Balaban J connectivity index is 2.44. The Morgan fingerprint density at radius 1 is 1.44 bits per heavy atom. The molecule has 0 amide bonds. The lowest BCUT2D eigenvalue weighted by Crippen LogP contribution is -2.28. The minimum atomic E-state index is -0.593. The van der Waals surface area contributed by atoms with Crippen molar-refractivity contribution >= 4 is 15.9 Å². The molecule has 0 heterocycles. The van der Waals surface area contributed by atoms with E-state index in [4.69, 9.17) is 0 Å². The molecule has 16 heavy (non-hydrogen) atoms. The Morgan fingerprint density at radius 2 is 2.12 bits per heavy atom. The number of nitrogens with one attached hydrogen (secondary N) is 1. The van der Waals surface area contributed by atoms with Crippen molar-refractivity contribution in [2.24, 2.45) is 0 Å². The molecule has 0 radical (unpaired) electrons. The summed E-state index contributed by atoms with van der Waals surface area (Å²) in [7, 11) is 0. The third-order valence-electron chi connectivity index (χ3n) is 2.54. The molecular weight excluding hydrogens is 266 g/mol. The molecule has 1 aromatic carbocycles. The fourth-order valence-electron chi connectivity index (χ4n) is 1.49. The summed E-state index contributed by atoms with van der Waals surface area (Å²) in [5, 5.41) is 13.0. The van der Waals surface area contributed by atoms with Gasteiger partial charge in [-0.05, 0) is 51.4 Å². The normalized spacial score (nSPS) is 13.8. The molecule has 0 bridgehead atoms. The van der Waals surface area contributed by atoms with E-state index in [0.29, 0.717) is 6.04 Å². The van der Waals surface area contributed by atoms with Gasteiger partial charge in [-0.2, -0.15) is 0 Å². The van der Waals surface area contributed by atoms with Crippen molar-refractivity contribution in [2.75, 3.05) is 6.54 Å². The summed E-state index contributed by atoms with van der Waals surface area (Å²) in [5.41, 5.74) is 0.661. The van der Waals surface area contributed by atoms with Crippen LogP contribution in [0.4, 0.5) is 0 Å². The van der Waals surface area contributed by atoms with Crippen LogP contribution in [-0.2, 0) is 0 Å². The number of rotatable bonds is 5. The lowest BCUT2D eigenvalue weighted by molar-refractivity contribution is 0.0705. The van der Waals surface area contributed by atoms with Crippen molar-refractivity contribution < 1.29 is 5.11 Å². The van der Waals surface area contributed by atoms with Crippen LogP contribution in [-0.4, -0.2) is 17.3 Å². The minimum absolute atomic E-state index is 0.305. The SMILES string of the molecule is C[C@@H](NCCC(C)(C)O)c1cccc(Br)c1. The van der Waals surface area contributed by atoms with Crippen molar-refractivity contribution in [1.29, 1.82) is 0 Å². The van der Waals surface area contributed by atoms with E-state index in [0.717, 1.165) is 17.4 Å². The van der Waals surface area contributed by atoms with Gasteiger partial charge in [-0.1, -0.05) is 28.1 Å². The molecular formula is C13H20BrNO. The van der Waals surface area contributed by atoms with Gasteiger partial charge in [-0.25, -0.2) is 0 Å². The first kappa shape index (κ1) is 13.7. The van der Waals surface area contributed by atoms with E-state index in [-0.39, 0.29) is 0 Å². The smallest absolute Gasteiger partial charge is 0.0603 e. The van der Waals surface area contributed by atoms with E-state index < -0.39 is 5.60 Å². The van der Waals surface area contributed by atoms with Gasteiger partial charge in [0, 0.05) is 10.5 Å². The Labute approximate surface area is 106 Å². The predicted octanol–water partition coefficient (Wildman–Crippen LogP) is 3.26. The van der Waals surface area contributed by atoms with Crippen molar-refractivity contribution in [3.63, 3.8) is 0 Å². The Morgan fingerprint density at radius 3 is 2.69 bits per heavy atom. The summed E-state index contributed by atoms with van der Waals surface area (Å²) in [4.78, 5) is 0. The molecule has 2 nitrogen and oxygen atoms in total. The highest BCUT2D eigenvalue weighted by molar-refractivity contribution is 9.10. The van der Waals surface area contributed by atoms with Crippen molar-refractivity contribution in [3.8, 4) is 0 Å². The maximum Gasteiger partial charge on any atom is 0.0603 e. The first-order valence-electron chi connectivity index (χ1n) is 5.60. The lowest BCUT2D eigenvalue weighted by atomic mass is 10.0. The first-order chi connectivity index (χ1) is 7.38. The number of hydrogen-bond acceptors (Lipinski definition) is 2. The molecule has 0 aliphatic carbocycles. The molecule has 0 fully saturated rings. The van der Waals surface area contributed by atoms with E-state index in [1.807, 2.05) is 26.0 Å². The zero-order valence-corrected chi connectivity index (χ0v) is 11.7. The molecule has 90 valence electrons. The molecule has 0 aliphatic rings. The standard InChI is InChI=1S/C13H20BrNO/c1-10(15-8-7-13(2,3)16)11-5-4-6-12(14)9-11/h4-6,9-10,15-16H,7-8H2,1-3H3/t10-/m1/s1. The average Bonchev–Trinajstić information content (AvgIpc) is 2.15. The van der Waals surface area contributed by atoms with Crippen LogP contribution in [0.2, 0.25) is 0 Å². The highest BCUT2D eigenvalue weighted by Gasteiger charge is 2.12. The molecule has 1 atom stereocenters. The Hall–Kier alpha value is -0.380. The van der Waals surface area contributed by atoms with Crippen LogP contribution in [0.1, 0.15) is 38.8 Å². The zero-order valence-electron chi connectivity index (χ0n) is 10.1. The zero-order chi connectivity index (χ0) is 12.2. The second kappa shape index (κ2) is 5.80. The molecule has 3 heteroatoms. The Bertz CT molecular complexity index is 333. The third-order valence-corrected chi connectivity index (χ3v) is 3.03. The van der Waals surface area contributed by atoms with Crippen LogP contribution in [0.15, 0.2) is 28.7 Å². The third kappa shape index (κ3) is 5.10. The van der Waals surface area contributed by atoms with Gasteiger partial charge < -0.3 is 10.4 Å². The van der Waals surface area contributed by atoms with Crippen LogP contribution in [0.3, 0.4) is 0 Å². The van der Waals surface area contributed by atoms with Crippen molar-refractivity contribution in [2.45, 2.75) is 38.8 Å². The summed E-state index contributed by atoms with van der Waals surface area (Å²) in [6, 6.07) is 8.58. The van der Waals surface area contributed by atoms with Crippen LogP contribution < -0.4 is 5.32 Å². The van der Waals surface area contributed by atoms with Gasteiger partial charge in [-0.3, -0.25) is 0 Å². The van der Waals surface area contributed by atoms with Crippen molar-refractivity contribution in [1.82, 2.24) is 5.32 Å². The molecule has 0 saturated heterocycles. The average molecular weight is 286 g/mol. The molecule has 0 aliphatic heterocycles. The highest BCUT2D eigenvalue weighted by atomic mass is 79.9.